The van der Waals surface area contributed by atoms with Crippen molar-refractivity contribution in [3.8, 4) is 0 Å². The molecular formula is C22H26N2O3S. The molecule has 2 aromatic carbocycles. The topological polar surface area (TPSA) is 78.4 Å². The van der Waals surface area contributed by atoms with Gasteiger partial charge in [0.05, 0.1) is 28.3 Å². The fourth-order valence-electron chi connectivity index (χ4n) is 4.70. The van der Waals surface area contributed by atoms with Gasteiger partial charge in [0, 0.05) is 11.7 Å². The molecule has 28 heavy (non-hydrogen) atoms. The molecule has 148 valence electrons. The average molecular weight is 399 g/mol. The lowest BCUT2D eigenvalue weighted by atomic mass is 9.74. The van der Waals surface area contributed by atoms with Gasteiger partial charge in [0.1, 0.15) is 0 Å². The molecule has 0 aromatic heterocycles. The van der Waals surface area contributed by atoms with Gasteiger partial charge in [-0.2, -0.15) is 0 Å². The van der Waals surface area contributed by atoms with Crippen LogP contribution in [0, 0.1) is 0 Å². The van der Waals surface area contributed by atoms with Crippen LogP contribution in [0.3, 0.4) is 0 Å². The maximum Gasteiger partial charge on any atom is 0.185 e. The maximum atomic E-state index is 13.8. The van der Waals surface area contributed by atoms with E-state index in [-0.39, 0.29) is 18.8 Å². The predicted molar refractivity (Wildman–Crippen MR) is 111 cm³/mol. The smallest absolute Gasteiger partial charge is 0.185 e. The van der Waals surface area contributed by atoms with Crippen molar-refractivity contribution in [3.05, 3.63) is 71.8 Å². The van der Waals surface area contributed by atoms with Gasteiger partial charge in [-0.15, -0.1) is 0 Å². The van der Waals surface area contributed by atoms with Crippen molar-refractivity contribution in [3.63, 3.8) is 0 Å². The van der Waals surface area contributed by atoms with E-state index in [0.29, 0.717) is 11.3 Å². The largest absolute Gasteiger partial charge is 0.395 e. The summed E-state index contributed by atoms with van der Waals surface area (Å²) >= 11 is 0. The zero-order valence-corrected chi connectivity index (χ0v) is 16.9. The minimum atomic E-state index is -3.66. The molecule has 2 aliphatic rings. The van der Waals surface area contributed by atoms with Crippen molar-refractivity contribution >= 4 is 15.5 Å². The van der Waals surface area contributed by atoms with Crippen LogP contribution in [0.15, 0.2) is 71.1 Å². The molecule has 2 heterocycles. The Morgan fingerprint density at radius 3 is 2.54 bits per heavy atom. The van der Waals surface area contributed by atoms with Crippen molar-refractivity contribution in [2.24, 2.45) is 0 Å². The number of fused-ring (bicyclic) bond motifs is 3. The fraction of sp³-hybridized carbons (Fsp3) is 0.364. The van der Waals surface area contributed by atoms with Gasteiger partial charge in [-0.05, 0) is 44.0 Å². The maximum absolute atomic E-state index is 13.8. The Morgan fingerprint density at radius 1 is 1.18 bits per heavy atom. The molecule has 5 nitrogen and oxygen atoms in total. The highest BCUT2D eigenvalue weighted by Crippen LogP contribution is 2.52. The Kier molecular flexibility index (Phi) is 4.81. The first-order chi connectivity index (χ1) is 13.4. The van der Waals surface area contributed by atoms with Crippen LogP contribution in [-0.4, -0.2) is 37.6 Å². The van der Waals surface area contributed by atoms with Gasteiger partial charge in [0.15, 0.2) is 9.84 Å². The molecule has 0 saturated carbocycles. The third-order valence-corrected chi connectivity index (χ3v) is 8.00. The molecule has 0 spiro atoms. The normalized spacial score (nSPS) is 26.8. The summed E-state index contributed by atoms with van der Waals surface area (Å²) in [6, 6.07) is 16.4. The van der Waals surface area contributed by atoms with Gasteiger partial charge in [-0.1, -0.05) is 48.0 Å². The summed E-state index contributed by atoms with van der Waals surface area (Å²) in [7, 11) is -3.66. The number of sulfone groups is 1. The Morgan fingerprint density at radius 2 is 1.86 bits per heavy atom. The number of anilines is 1. The summed E-state index contributed by atoms with van der Waals surface area (Å²) in [5, 5.41) is 15.9. The second-order valence-electron chi connectivity index (χ2n) is 7.94. The van der Waals surface area contributed by atoms with Gasteiger partial charge >= 0.3 is 0 Å². The van der Waals surface area contributed by atoms with Crippen LogP contribution >= 0.6 is 0 Å². The van der Waals surface area contributed by atoms with Crippen molar-refractivity contribution < 1.29 is 13.5 Å². The van der Waals surface area contributed by atoms with Crippen LogP contribution in [0.25, 0.3) is 0 Å². The molecule has 0 amide bonds. The summed E-state index contributed by atoms with van der Waals surface area (Å²) in [6.45, 7) is 3.83. The number of nitrogens with one attached hydrogen (secondary N) is 2. The fourth-order valence-corrected chi connectivity index (χ4v) is 6.89. The van der Waals surface area contributed by atoms with E-state index in [1.54, 1.807) is 24.3 Å². The van der Waals surface area contributed by atoms with Crippen LogP contribution in [0.2, 0.25) is 0 Å². The zero-order valence-electron chi connectivity index (χ0n) is 16.1. The summed E-state index contributed by atoms with van der Waals surface area (Å²) in [4.78, 5) is 0.322. The quantitative estimate of drug-likeness (QED) is 0.675. The van der Waals surface area contributed by atoms with Gasteiger partial charge in [-0.3, -0.25) is 5.32 Å². The van der Waals surface area contributed by atoms with E-state index in [9.17, 15) is 13.5 Å². The van der Waals surface area contributed by atoms with Crippen LogP contribution in [0.1, 0.15) is 25.8 Å². The summed E-state index contributed by atoms with van der Waals surface area (Å²) in [6.07, 6.45) is 2.15. The molecule has 2 aliphatic heterocycles. The summed E-state index contributed by atoms with van der Waals surface area (Å²) in [5.74, 6) is 0. The standard InChI is InChI=1S/C22H26N2O3S/c1-15(2)12-20(28(26,27)17-8-4-3-5-9-17)22-13-16(14-25)23-21(22)24-19-11-7-6-10-18(19)22/h3-12,16,20-21,23-25H,13-14H2,1-2H3/t16-,20?,21-,22-/m1/s1. The number of rotatable bonds is 5. The van der Waals surface area contributed by atoms with Crippen LogP contribution in [-0.2, 0) is 15.3 Å². The van der Waals surface area contributed by atoms with Crippen LogP contribution < -0.4 is 10.6 Å². The van der Waals surface area contributed by atoms with Crippen LogP contribution in [0.4, 0.5) is 5.69 Å². The van der Waals surface area contributed by atoms with Gasteiger partial charge in [-0.25, -0.2) is 8.42 Å². The highest BCUT2D eigenvalue weighted by atomic mass is 32.2. The van der Waals surface area contributed by atoms with E-state index in [1.165, 1.54) is 0 Å². The van der Waals surface area contributed by atoms with E-state index in [4.69, 9.17) is 0 Å². The number of hydrogen-bond acceptors (Lipinski definition) is 5. The lowest BCUT2D eigenvalue weighted by Gasteiger charge is -2.36. The number of para-hydroxylation sites is 1. The predicted octanol–water partition coefficient (Wildman–Crippen LogP) is 2.84. The molecular weight excluding hydrogens is 372 g/mol. The first-order valence-electron chi connectivity index (χ1n) is 9.56. The highest BCUT2D eigenvalue weighted by Gasteiger charge is 2.60. The Bertz CT molecular complexity index is 999. The van der Waals surface area contributed by atoms with Gasteiger partial charge in [0.25, 0.3) is 0 Å². The molecule has 1 saturated heterocycles. The van der Waals surface area contributed by atoms with E-state index < -0.39 is 20.5 Å². The monoisotopic (exact) mass is 398 g/mol. The number of aliphatic hydroxyl groups is 1. The van der Waals surface area contributed by atoms with E-state index in [1.807, 2.05) is 50.3 Å². The Labute approximate surface area is 166 Å². The van der Waals surface area contributed by atoms with E-state index in [2.05, 4.69) is 10.6 Å². The van der Waals surface area contributed by atoms with Gasteiger partial charge < -0.3 is 10.4 Å². The third-order valence-electron chi connectivity index (χ3n) is 5.85. The average Bonchev–Trinajstić information content (AvgIpc) is 3.19. The molecule has 0 radical (unpaired) electrons. The third kappa shape index (κ3) is 2.87. The van der Waals surface area contributed by atoms with Crippen molar-refractivity contribution in [2.75, 3.05) is 11.9 Å². The molecule has 0 bridgehead atoms. The molecule has 0 aliphatic carbocycles. The molecule has 1 fully saturated rings. The summed E-state index contributed by atoms with van der Waals surface area (Å²) in [5.41, 5.74) is 2.20. The van der Waals surface area contributed by atoms with Crippen LogP contribution in [0.5, 0.6) is 0 Å². The molecule has 6 heteroatoms. The molecule has 4 rings (SSSR count). The van der Waals surface area contributed by atoms with Crippen molar-refractivity contribution in [2.45, 2.75) is 48.0 Å². The Balaban J connectivity index is 1.95. The second kappa shape index (κ2) is 7.03. The molecule has 4 atom stereocenters. The summed E-state index contributed by atoms with van der Waals surface area (Å²) < 4.78 is 27.7. The van der Waals surface area contributed by atoms with E-state index in [0.717, 1.165) is 16.8 Å². The zero-order chi connectivity index (χ0) is 19.9. The Hall–Kier alpha value is -2.15. The van der Waals surface area contributed by atoms with Gasteiger partial charge in [0.2, 0.25) is 0 Å². The number of hydrogen-bond donors (Lipinski definition) is 3. The lowest BCUT2D eigenvalue weighted by Crippen LogP contribution is -2.51. The molecule has 2 aromatic rings. The number of allylic oxidation sites excluding steroid dienone is 1. The highest BCUT2D eigenvalue weighted by molar-refractivity contribution is 7.92. The second-order valence-corrected chi connectivity index (χ2v) is 10.0. The minimum absolute atomic E-state index is 0.0327. The molecule has 1 unspecified atom stereocenters. The number of aliphatic hydroxyl groups excluding tert-OH is 1. The van der Waals surface area contributed by atoms with Crippen molar-refractivity contribution in [1.82, 2.24) is 5.32 Å². The SMILES string of the molecule is CC(C)=CC([C@]12C[C@H](CO)N[C@@H]1Nc1ccccc12)S(=O)(=O)c1ccccc1. The van der Waals surface area contributed by atoms with Crippen molar-refractivity contribution in [1.29, 1.82) is 0 Å². The molecule has 3 N–H and O–H groups in total. The minimum Gasteiger partial charge on any atom is -0.395 e. The van der Waals surface area contributed by atoms with E-state index >= 15 is 0 Å². The number of benzene rings is 2. The first kappa shape index (κ1) is 19.2. The lowest BCUT2D eigenvalue weighted by molar-refractivity contribution is 0.250. The first-order valence-corrected chi connectivity index (χ1v) is 11.1.